The lowest BCUT2D eigenvalue weighted by molar-refractivity contribution is -0.123. The summed E-state index contributed by atoms with van der Waals surface area (Å²) in [6, 6.07) is 7.52. The molecule has 0 bridgehead atoms. The van der Waals surface area contributed by atoms with Crippen LogP contribution in [0.5, 0.6) is 17.2 Å². The molecule has 0 aliphatic carbocycles. The number of carbonyl (C=O) groups excluding carboxylic acids is 2. The van der Waals surface area contributed by atoms with E-state index in [1.54, 1.807) is 35.3 Å². The van der Waals surface area contributed by atoms with Gasteiger partial charge in [0.25, 0.3) is 5.91 Å². The molecular weight excluding hydrogens is 457 g/mol. The Morgan fingerprint density at radius 2 is 1.62 bits per heavy atom. The minimum atomic E-state index is -0.581. The first-order valence-electron chi connectivity index (χ1n) is 10.0. The number of nitrogens with one attached hydrogen (secondary N) is 2. The smallest absolute Gasteiger partial charge is 0.265 e. The van der Waals surface area contributed by atoms with Crippen LogP contribution in [0.4, 0.5) is 5.69 Å². The Bertz CT molecular complexity index is 956. The van der Waals surface area contributed by atoms with Gasteiger partial charge in [-0.05, 0) is 43.5 Å². The van der Waals surface area contributed by atoms with E-state index in [4.69, 9.17) is 37.4 Å². The number of halogens is 2. The highest BCUT2D eigenvalue weighted by molar-refractivity contribution is 6.39. The lowest BCUT2D eigenvalue weighted by Crippen LogP contribution is -2.55. The van der Waals surface area contributed by atoms with Gasteiger partial charge in [0.15, 0.2) is 11.5 Å². The molecule has 0 radical (unpaired) electrons. The molecule has 1 heterocycles. The topological polar surface area (TPSA) is 89.1 Å². The maximum atomic E-state index is 13.0. The Morgan fingerprint density at radius 1 is 1.00 bits per heavy atom. The molecule has 2 aromatic carbocycles. The van der Waals surface area contributed by atoms with Crippen LogP contribution < -0.4 is 25.0 Å². The van der Waals surface area contributed by atoms with Crippen LogP contribution in [0.3, 0.4) is 0 Å². The number of piperidine rings is 1. The second kappa shape index (κ2) is 10.8. The first-order valence-corrected chi connectivity index (χ1v) is 10.8. The van der Waals surface area contributed by atoms with E-state index in [0.29, 0.717) is 51.5 Å². The van der Waals surface area contributed by atoms with E-state index in [9.17, 15) is 9.59 Å². The third kappa shape index (κ3) is 5.20. The van der Waals surface area contributed by atoms with Crippen LogP contribution in [0.15, 0.2) is 30.3 Å². The Morgan fingerprint density at radius 3 is 2.19 bits per heavy atom. The minimum Gasteiger partial charge on any atom is -0.493 e. The maximum Gasteiger partial charge on any atom is 0.265 e. The zero-order valence-electron chi connectivity index (χ0n) is 18.0. The Hall–Kier alpha value is -2.68. The van der Waals surface area contributed by atoms with Crippen LogP contribution in [0.25, 0.3) is 0 Å². The van der Waals surface area contributed by atoms with Gasteiger partial charge in [-0.15, -0.1) is 0 Å². The molecule has 0 spiro atoms. The van der Waals surface area contributed by atoms with Crippen molar-refractivity contribution in [2.24, 2.45) is 0 Å². The van der Waals surface area contributed by atoms with Gasteiger partial charge in [0.05, 0.1) is 37.1 Å². The van der Waals surface area contributed by atoms with Crippen LogP contribution in [-0.4, -0.2) is 50.7 Å². The summed E-state index contributed by atoms with van der Waals surface area (Å²) in [5.41, 5.74) is 3.49. The van der Waals surface area contributed by atoms with Crippen molar-refractivity contribution in [3.8, 4) is 17.2 Å². The quantitative estimate of drug-likeness (QED) is 0.617. The molecule has 10 heteroatoms. The number of amides is 2. The average molecular weight is 482 g/mol. The molecule has 2 aromatic rings. The summed E-state index contributed by atoms with van der Waals surface area (Å²) in [4.78, 5) is 26.0. The summed E-state index contributed by atoms with van der Waals surface area (Å²) in [7, 11) is 4.44. The van der Waals surface area contributed by atoms with E-state index >= 15 is 0 Å². The first-order chi connectivity index (χ1) is 15.4. The molecule has 3 rings (SSSR count). The van der Waals surface area contributed by atoms with Crippen molar-refractivity contribution in [3.05, 3.63) is 45.9 Å². The van der Waals surface area contributed by atoms with E-state index in [0.717, 1.165) is 12.8 Å². The van der Waals surface area contributed by atoms with Crippen molar-refractivity contribution in [1.82, 2.24) is 10.4 Å². The van der Waals surface area contributed by atoms with Crippen molar-refractivity contribution in [1.29, 1.82) is 0 Å². The number of rotatable bonds is 7. The van der Waals surface area contributed by atoms with Crippen molar-refractivity contribution in [2.45, 2.75) is 25.3 Å². The highest BCUT2D eigenvalue weighted by Gasteiger charge is 2.31. The predicted octanol–water partition coefficient (Wildman–Crippen LogP) is 4.16. The number of benzene rings is 2. The van der Waals surface area contributed by atoms with Crippen molar-refractivity contribution in [3.63, 3.8) is 0 Å². The number of methoxy groups -OCH3 is 3. The van der Waals surface area contributed by atoms with Crippen LogP contribution in [-0.2, 0) is 4.79 Å². The zero-order chi connectivity index (χ0) is 23.3. The van der Waals surface area contributed by atoms with E-state index in [2.05, 4.69) is 10.7 Å². The van der Waals surface area contributed by atoms with Gasteiger partial charge in [-0.2, -0.15) is 0 Å². The normalized spacial score (nSPS) is 16.2. The lowest BCUT2D eigenvalue weighted by Gasteiger charge is -2.34. The van der Waals surface area contributed by atoms with Gasteiger partial charge in [0.1, 0.15) is 6.04 Å². The standard InChI is InChI=1S/C22H25Cl2N3O5/c1-30-17-11-13(12-18(31-2)20(17)32-3)21(28)26-27-10-5-4-9-16(27)22(29)25-19-14(23)7-6-8-15(19)24/h6-8,11-12,16H,4-5,9-10H2,1-3H3,(H,25,29)(H,26,28). The van der Waals surface area contributed by atoms with Crippen molar-refractivity contribution < 1.29 is 23.8 Å². The number of carbonyl (C=O) groups is 2. The highest BCUT2D eigenvalue weighted by atomic mass is 35.5. The van der Waals surface area contributed by atoms with Gasteiger partial charge < -0.3 is 19.5 Å². The van der Waals surface area contributed by atoms with Gasteiger partial charge in [0, 0.05) is 12.1 Å². The molecule has 0 saturated carbocycles. The Balaban J connectivity index is 1.79. The zero-order valence-corrected chi connectivity index (χ0v) is 19.5. The van der Waals surface area contributed by atoms with Gasteiger partial charge in [-0.3, -0.25) is 15.0 Å². The molecule has 1 saturated heterocycles. The summed E-state index contributed by atoms with van der Waals surface area (Å²) in [6.45, 7) is 0.518. The minimum absolute atomic E-state index is 0.301. The molecule has 8 nitrogen and oxygen atoms in total. The number of hydrogen-bond acceptors (Lipinski definition) is 6. The largest absolute Gasteiger partial charge is 0.493 e. The number of hydrogen-bond donors (Lipinski definition) is 2. The lowest BCUT2D eigenvalue weighted by atomic mass is 10.0. The van der Waals surface area contributed by atoms with Gasteiger partial charge in [-0.25, -0.2) is 5.01 Å². The molecule has 1 aliphatic heterocycles. The Labute approximate surface area is 196 Å². The molecule has 32 heavy (non-hydrogen) atoms. The van der Waals surface area contributed by atoms with E-state index in [1.165, 1.54) is 21.3 Å². The summed E-state index contributed by atoms with van der Waals surface area (Å²) in [6.07, 6.45) is 2.26. The van der Waals surface area contributed by atoms with Gasteiger partial charge >= 0.3 is 0 Å². The fourth-order valence-electron chi connectivity index (χ4n) is 3.57. The average Bonchev–Trinajstić information content (AvgIpc) is 2.80. The summed E-state index contributed by atoms with van der Waals surface area (Å²) < 4.78 is 15.9. The molecule has 1 atom stereocenters. The second-order valence-corrected chi connectivity index (χ2v) is 7.96. The molecule has 172 valence electrons. The van der Waals surface area contributed by atoms with Crippen LogP contribution >= 0.6 is 23.2 Å². The molecule has 1 fully saturated rings. The number of ether oxygens (including phenoxy) is 3. The van der Waals surface area contributed by atoms with Gasteiger partial charge in [-0.1, -0.05) is 29.3 Å². The molecule has 1 aliphatic rings. The first kappa shape index (κ1) is 24.0. The molecular formula is C22H25Cl2N3O5. The summed E-state index contributed by atoms with van der Waals surface area (Å²) in [5, 5.41) is 5.11. The van der Waals surface area contributed by atoms with Crippen LogP contribution in [0, 0.1) is 0 Å². The van der Waals surface area contributed by atoms with E-state index < -0.39 is 11.9 Å². The summed E-state index contributed by atoms with van der Waals surface area (Å²) in [5.74, 6) is 0.402. The SMILES string of the molecule is COc1cc(C(=O)NN2CCCCC2C(=O)Nc2c(Cl)cccc2Cl)cc(OC)c1OC. The number of para-hydroxylation sites is 1. The van der Waals surface area contributed by atoms with Gasteiger partial charge in [0.2, 0.25) is 11.7 Å². The number of hydrazine groups is 1. The Kier molecular flexibility index (Phi) is 8.06. The molecule has 1 unspecified atom stereocenters. The van der Waals surface area contributed by atoms with Crippen LogP contribution in [0.1, 0.15) is 29.6 Å². The monoisotopic (exact) mass is 481 g/mol. The fraction of sp³-hybridized carbons (Fsp3) is 0.364. The number of nitrogens with zero attached hydrogens (tertiary/aromatic N) is 1. The van der Waals surface area contributed by atoms with E-state index in [1.807, 2.05) is 0 Å². The highest BCUT2D eigenvalue weighted by Crippen LogP contribution is 2.38. The third-order valence-electron chi connectivity index (χ3n) is 5.19. The third-order valence-corrected chi connectivity index (χ3v) is 5.82. The molecule has 2 amide bonds. The van der Waals surface area contributed by atoms with Crippen LogP contribution in [0.2, 0.25) is 10.0 Å². The number of anilines is 1. The predicted molar refractivity (Wildman–Crippen MR) is 123 cm³/mol. The summed E-state index contributed by atoms with van der Waals surface area (Å²) >= 11 is 12.4. The molecule has 2 N–H and O–H groups in total. The fourth-order valence-corrected chi connectivity index (χ4v) is 4.06. The van der Waals surface area contributed by atoms with E-state index in [-0.39, 0.29) is 5.91 Å². The molecule has 0 aromatic heterocycles. The maximum absolute atomic E-state index is 13.0. The van der Waals surface area contributed by atoms with Crippen molar-refractivity contribution >= 4 is 40.7 Å². The second-order valence-electron chi connectivity index (χ2n) is 7.15. The van der Waals surface area contributed by atoms with Crippen molar-refractivity contribution in [2.75, 3.05) is 33.2 Å².